The van der Waals surface area contributed by atoms with E-state index in [9.17, 15) is 9.59 Å². The van der Waals surface area contributed by atoms with Gasteiger partial charge in [-0.05, 0) is 11.4 Å². The third-order valence-corrected chi connectivity index (χ3v) is 5.60. The number of methoxy groups -OCH3 is 1. The number of Topliss-reactive ketones (excluding diaryl/α,β-unsaturated/α-hetero) is 1. The van der Waals surface area contributed by atoms with Crippen molar-refractivity contribution < 1.29 is 14.3 Å². The first-order valence-corrected chi connectivity index (χ1v) is 9.33. The van der Waals surface area contributed by atoms with Crippen molar-refractivity contribution in [3.05, 3.63) is 33.5 Å². The van der Waals surface area contributed by atoms with Crippen molar-refractivity contribution >= 4 is 46.1 Å². The molecule has 0 bridgehead atoms. The summed E-state index contributed by atoms with van der Waals surface area (Å²) in [5.74, 6) is 0.399. The van der Waals surface area contributed by atoms with Crippen molar-refractivity contribution in [3.63, 3.8) is 0 Å². The number of nitrogens with one attached hydrogen (secondary N) is 1. The van der Waals surface area contributed by atoms with Gasteiger partial charge in [0.1, 0.15) is 0 Å². The number of rotatable bonds is 9. The van der Waals surface area contributed by atoms with Crippen LogP contribution in [0.4, 0.5) is 0 Å². The average Bonchev–Trinajstić information content (AvgIpc) is 3.16. The minimum Gasteiger partial charge on any atom is -0.383 e. The fourth-order valence-electron chi connectivity index (χ4n) is 1.59. The Labute approximate surface area is 141 Å². The number of amides is 1. The van der Waals surface area contributed by atoms with E-state index in [-0.39, 0.29) is 18.1 Å². The van der Waals surface area contributed by atoms with Crippen molar-refractivity contribution in [2.75, 3.05) is 26.0 Å². The van der Waals surface area contributed by atoms with Crippen LogP contribution in [0.3, 0.4) is 0 Å². The summed E-state index contributed by atoms with van der Waals surface area (Å²) in [6.45, 7) is 0.991. The van der Waals surface area contributed by atoms with Crippen LogP contribution in [0.5, 0.6) is 0 Å². The van der Waals surface area contributed by atoms with Crippen molar-refractivity contribution in [1.82, 2.24) is 10.3 Å². The molecular weight excluding hydrogens is 340 g/mol. The van der Waals surface area contributed by atoms with Crippen molar-refractivity contribution in [2.45, 2.75) is 10.8 Å². The second-order valence-corrected chi connectivity index (χ2v) is 7.34. The lowest BCUT2D eigenvalue weighted by Gasteiger charge is -2.02. The van der Waals surface area contributed by atoms with Crippen LogP contribution in [0.15, 0.2) is 27.2 Å². The van der Waals surface area contributed by atoms with Gasteiger partial charge >= 0.3 is 0 Å². The van der Waals surface area contributed by atoms with E-state index in [1.807, 2.05) is 22.9 Å². The molecule has 22 heavy (non-hydrogen) atoms. The number of aromatic nitrogens is 1. The van der Waals surface area contributed by atoms with Crippen LogP contribution in [0.1, 0.15) is 15.4 Å². The van der Waals surface area contributed by atoms with E-state index in [2.05, 4.69) is 10.3 Å². The van der Waals surface area contributed by atoms with E-state index in [0.717, 1.165) is 14.9 Å². The molecule has 8 heteroatoms. The molecule has 0 fully saturated rings. The first-order valence-electron chi connectivity index (χ1n) is 6.58. The molecule has 5 nitrogen and oxygen atoms in total. The van der Waals surface area contributed by atoms with Crippen LogP contribution < -0.4 is 5.32 Å². The monoisotopic (exact) mass is 356 g/mol. The van der Waals surface area contributed by atoms with Crippen molar-refractivity contribution in [2.24, 2.45) is 0 Å². The van der Waals surface area contributed by atoms with Gasteiger partial charge in [0.25, 0.3) is 0 Å². The molecule has 0 aliphatic heterocycles. The molecule has 0 atom stereocenters. The molecule has 2 aromatic heterocycles. The SMILES string of the molecule is COCCNC(=O)Cc1csc(SCC(=O)c2cccs2)n1. The van der Waals surface area contributed by atoms with Crippen molar-refractivity contribution in [1.29, 1.82) is 0 Å². The summed E-state index contributed by atoms with van der Waals surface area (Å²) in [6.07, 6.45) is 0.250. The van der Waals surface area contributed by atoms with Crippen LogP contribution in [-0.2, 0) is 16.0 Å². The molecule has 0 radical (unpaired) electrons. The highest BCUT2D eigenvalue weighted by Crippen LogP contribution is 2.24. The quantitative estimate of drug-likeness (QED) is 0.425. The zero-order chi connectivity index (χ0) is 15.8. The summed E-state index contributed by atoms with van der Waals surface area (Å²) in [4.78, 5) is 28.7. The number of ether oxygens (including phenoxy) is 1. The number of carbonyl (C=O) groups excluding carboxylic acids is 2. The highest BCUT2D eigenvalue weighted by Gasteiger charge is 2.11. The number of thioether (sulfide) groups is 1. The summed E-state index contributed by atoms with van der Waals surface area (Å²) < 4.78 is 5.68. The molecule has 0 spiro atoms. The lowest BCUT2D eigenvalue weighted by molar-refractivity contribution is -0.120. The number of thiazole rings is 1. The van der Waals surface area contributed by atoms with E-state index in [0.29, 0.717) is 18.9 Å². The van der Waals surface area contributed by atoms with E-state index in [1.165, 1.54) is 34.4 Å². The fourth-order valence-corrected chi connectivity index (χ4v) is 4.07. The zero-order valence-corrected chi connectivity index (χ0v) is 14.5. The summed E-state index contributed by atoms with van der Waals surface area (Å²) in [5, 5.41) is 6.50. The smallest absolute Gasteiger partial charge is 0.226 e. The Morgan fingerprint density at radius 1 is 1.41 bits per heavy atom. The second kappa shape index (κ2) is 9.04. The van der Waals surface area contributed by atoms with Gasteiger partial charge in [-0.1, -0.05) is 17.8 Å². The Morgan fingerprint density at radius 2 is 2.27 bits per heavy atom. The number of ketones is 1. The Balaban J connectivity index is 1.76. The Hall–Kier alpha value is -1.22. The van der Waals surface area contributed by atoms with Crippen molar-refractivity contribution in [3.8, 4) is 0 Å². The van der Waals surface area contributed by atoms with Gasteiger partial charge in [0.05, 0.1) is 29.4 Å². The Morgan fingerprint density at radius 3 is 3.00 bits per heavy atom. The number of hydrogen-bond acceptors (Lipinski definition) is 7. The minimum absolute atomic E-state index is 0.0754. The first kappa shape index (κ1) is 17.1. The van der Waals surface area contributed by atoms with Gasteiger partial charge < -0.3 is 10.1 Å². The normalized spacial score (nSPS) is 10.6. The van der Waals surface area contributed by atoms with Gasteiger partial charge in [0, 0.05) is 19.0 Å². The van der Waals surface area contributed by atoms with Crippen LogP contribution in [0.2, 0.25) is 0 Å². The largest absolute Gasteiger partial charge is 0.383 e. The van der Waals surface area contributed by atoms with Crippen LogP contribution >= 0.6 is 34.4 Å². The molecule has 0 aliphatic carbocycles. The molecule has 0 saturated heterocycles. The Bertz CT molecular complexity index is 611. The van der Waals surface area contributed by atoms with E-state index in [1.54, 1.807) is 7.11 Å². The maximum Gasteiger partial charge on any atom is 0.226 e. The maximum atomic E-state index is 11.9. The predicted molar refractivity (Wildman–Crippen MR) is 90.1 cm³/mol. The molecule has 2 aromatic rings. The second-order valence-electron chi connectivity index (χ2n) is 4.31. The van der Waals surface area contributed by atoms with Gasteiger partial charge in [0.2, 0.25) is 5.91 Å². The molecule has 2 rings (SSSR count). The molecule has 0 saturated carbocycles. The first-order chi connectivity index (χ1) is 10.7. The molecule has 0 aromatic carbocycles. The molecule has 2 heterocycles. The van der Waals surface area contributed by atoms with Gasteiger partial charge in [-0.2, -0.15) is 0 Å². The number of nitrogens with zero attached hydrogens (tertiary/aromatic N) is 1. The summed E-state index contributed by atoms with van der Waals surface area (Å²) >= 11 is 4.31. The molecule has 118 valence electrons. The lowest BCUT2D eigenvalue weighted by Crippen LogP contribution is -2.28. The Kier molecular flexibility index (Phi) is 7.04. The minimum atomic E-state index is -0.0754. The molecule has 1 N–H and O–H groups in total. The third kappa shape index (κ3) is 5.53. The molecule has 0 unspecified atom stereocenters. The predicted octanol–water partition coefficient (Wildman–Crippen LogP) is 2.48. The van der Waals surface area contributed by atoms with Crippen LogP contribution in [-0.4, -0.2) is 42.7 Å². The van der Waals surface area contributed by atoms with Gasteiger partial charge in [-0.15, -0.1) is 22.7 Å². The number of thiophene rings is 1. The highest BCUT2D eigenvalue weighted by molar-refractivity contribution is 8.01. The number of carbonyl (C=O) groups is 2. The summed E-state index contributed by atoms with van der Waals surface area (Å²) in [6, 6.07) is 3.69. The van der Waals surface area contributed by atoms with Crippen LogP contribution in [0.25, 0.3) is 0 Å². The fraction of sp³-hybridized carbons (Fsp3) is 0.357. The van der Waals surface area contributed by atoms with Gasteiger partial charge in [-0.25, -0.2) is 4.98 Å². The highest BCUT2D eigenvalue weighted by atomic mass is 32.2. The lowest BCUT2D eigenvalue weighted by atomic mass is 10.3. The topological polar surface area (TPSA) is 68.3 Å². The third-order valence-electron chi connectivity index (χ3n) is 2.62. The average molecular weight is 356 g/mol. The zero-order valence-electron chi connectivity index (χ0n) is 12.0. The summed E-state index contributed by atoms with van der Waals surface area (Å²) in [7, 11) is 1.59. The van der Waals surface area contributed by atoms with Gasteiger partial charge in [0.15, 0.2) is 10.1 Å². The van der Waals surface area contributed by atoms with Crippen LogP contribution in [0, 0.1) is 0 Å². The summed E-state index contributed by atoms with van der Waals surface area (Å²) in [5.41, 5.74) is 0.728. The molecular formula is C14H16N2O3S3. The molecule has 0 aliphatic rings. The van der Waals surface area contributed by atoms with E-state index < -0.39 is 0 Å². The number of hydrogen-bond donors (Lipinski definition) is 1. The molecule has 1 amide bonds. The van der Waals surface area contributed by atoms with E-state index in [4.69, 9.17) is 4.74 Å². The van der Waals surface area contributed by atoms with Gasteiger partial charge in [-0.3, -0.25) is 9.59 Å². The maximum absolute atomic E-state index is 11.9. The standard InChI is InChI=1S/C14H16N2O3S3/c1-19-5-4-15-13(18)7-10-8-21-14(16-10)22-9-11(17)12-3-2-6-20-12/h2-3,6,8H,4-5,7,9H2,1H3,(H,15,18). The van der Waals surface area contributed by atoms with E-state index >= 15 is 0 Å².